The van der Waals surface area contributed by atoms with Crippen molar-refractivity contribution < 1.29 is 19.2 Å². The molecule has 2 amide bonds. The van der Waals surface area contributed by atoms with Crippen LogP contribution in [-0.2, 0) is 4.74 Å². The molecule has 0 bridgehead atoms. The van der Waals surface area contributed by atoms with Crippen LogP contribution in [-0.4, -0.2) is 50.6 Å². The third kappa shape index (κ3) is 6.66. The SMILES string of the molecule is CCOCCCNC(=O)c1cc(NC(=O)c2ccc([N+](=O)[O-])cc2Cl)ccc1N(C)C. The van der Waals surface area contributed by atoms with Crippen LogP contribution in [0.4, 0.5) is 17.1 Å². The molecule has 2 N–H and O–H groups in total. The summed E-state index contributed by atoms with van der Waals surface area (Å²) in [5.74, 6) is -0.815. The Hall–Kier alpha value is -3.17. The van der Waals surface area contributed by atoms with Crippen molar-refractivity contribution in [2.75, 3.05) is 44.1 Å². The molecule has 0 saturated carbocycles. The quantitative estimate of drug-likeness (QED) is 0.325. The molecule has 2 aromatic rings. The van der Waals surface area contributed by atoms with Gasteiger partial charge in [-0.05, 0) is 37.6 Å². The highest BCUT2D eigenvalue weighted by atomic mass is 35.5. The van der Waals surface area contributed by atoms with Crippen LogP contribution in [0.5, 0.6) is 0 Å². The molecule has 0 spiro atoms. The van der Waals surface area contributed by atoms with E-state index in [1.807, 2.05) is 21.0 Å². The van der Waals surface area contributed by atoms with Gasteiger partial charge in [-0.3, -0.25) is 19.7 Å². The number of rotatable bonds is 10. The second-order valence-electron chi connectivity index (χ2n) is 6.81. The van der Waals surface area contributed by atoms with Gasteiger partial charge in [-0.1, -0.05) is 11.6 Å². The smallest absolute Gasteiger partial charge is 0.270 e. The molecule has 2 aromatic carbocycles. The number of hydrogen-bond donors (Lipinski definition) is 2. The van der Waals surface area contributed by atoms with Gasteiger partial charge >= 0.3 is 0 Å². The van der Waals surface area contributed by atoms with Crippen molar-refractivity contribution >= 4 is 40.5 Å². The molecule has 10 heteroatoms. The minimum atomic E-state index is -0.590. The Morgan fingerprint density at radius 2 is 1.87 bits per heavy atom. The first-order chi connectivity index (χ1) is 14.7. The minimum absolute atomic E-state index is 0.0381. The van der Waals surface area contributed by atoms with Crippen LogP contribution < -0.4 is 15.5 Å². The molecular weight excluding hydrogens is 424 g/mol. The molecule has 0 fully saturated rings. The molecule has 0 aliphatic carbocycles. The van der Waals surface area contributed by atoms with Crippen LogP contribution in [0, 0.1) is 10.1 Å². The summed E-state index contributed by atoms with van der Waals surface area (Å²) in [6.07, 6.45) is 0.686. The van der Waals surface area contributed by atoms with Crippen LogP contribution in [0.25, 0.3) is 0 Å². The normalized spacial score (nSPS) is 10.5. The number of ether oxygens (including phenoxy) is 1. The summed E-state index contributed by atoms with van der Waals surface area (Å²) in [4.78, 5) is 37.3. The minimum Gasteiger partial charge on any atom is -0.382 e. The monoisotopic (exact) mass is 448 g/mol. The van der Waals surface area contributed by atoms with Crippen molar-refractivity contribution in [2.45, 2.75) is 13.3 Å². The molecule has 0 heterocycles. The fraction of sp³-hybridized carbons (Fsp3) is 0.333. The predicted molar refractivity (Wildman–Crippen MR) is 120 cm³/mol. The fourth-order valence-electron chi connectivity index (χ4n) is 2.80. The van der Waals surface area contributed by atoms with Gasteiger partial charge in [0.15, 0.2) is 0 Å². The highest BCUT2D eigenvalue weighted by molar-refractivity contribution is 6.34. The van der Waals surface area contributed by atoms with Gasteiger partial charge in [-0.2, -0.15) is 0 Å². The number of nitrogens with one attached hydrogen (secondary N) is 2. The molecule has 0 aliphatic heterocycles. The second kappa shape index (κ2) is 11.3. The Morgan fingerprint density at radius 3 is 2.48 bits per heavy atom. The number of nitrogens with zero attached hydrogens (tertiary/aromatic N) is 2. The predicted octanol–water partition coefficient (Wildman–Crippen LogP) is 3.72. The number of nitro benzene ring substituents is 1. The highest BCUT2D eigenvalue weighted by Gasteiger charge is 2.18. The van der Waals surface area contributed by atoms with E-state index < -0.39 is 10.8 Å². The van der Waals surface area contributed by atoms with Gasteiger partial charge in [0.25, 0.3) is 17.5 Å². The lowest BCUT2D eigenvalue weighted by molar-refractivity contribution is -0.384. The lowest BCUT2D eigenvalue weighted by Crippen LogP contribution is -2.27. The van der Waals surface area contributed by atoms with E-state index in [0.29, 0.717) is 43.1 Å². The molecular formula is C21H25ClN4O5. The zero-order valence-electron chi connectivity index (χ0n) is 17.6. The standard InChI is InChI=1S/C21H25ClN4O5/c1-4-31-11-5-10-23-20(27)17-12-14(6-9-19(17)25(2)3)24-21(28)16-8-7-15(26(29)30)13-18(16)22/h6-9,12-13H,4-5,10-11H2,1-3H3,(H,23,27)(H,24,28). The van der Waals surface area contributed by atoms with Crippen molar-refractivity contribution in [3.05, 3.63) is 62.7 Å². The lowest BCUT2D eigenvalue weighted by Gasteiger charge is -2.18. The molecule has 31 heavy (non-hydrogen) atoms. The number of non-ortho nitro benzene ring substituents is 1. The average molecular weight is 449 g/mol. The van der Waals surface area contributed by atoms with Crippen LogP contribution >= 0.6 is 11.6 Å². The van der Waals surface area contributed by atoms with E-state index in [2.05, 4.69) is 10.6 Å². The summed E-state index contributed by atoms with van der Waals surface area (Å²) in [7, 11) is 3.63. The Bertz CT molecular complexity index is 965. The fourth-order valence-corrected chi connectivity index (χ4v) is 3.06. The van der Waals surface area contributed by atoms with E-state index in [1.54, 1.807) is 23.1 Å². The van der Waals surface area contributed by atoms with Crippen molar-refractivity contribution in [3.63, 3.8) is 0 Å². The topological polar surface area (TPSA) is 114 Å². The number of anilines is 2. The van der Waals surface area contributed by atoms with Crippen molar-refractivity contribution in [1.82, 2.24) is 5.32 Å². The largest absolute Gasteiger partial charge is 0.382 e. The van der Waals surface area contributed by atoms with Crippen LogP contribution in [0.3, 0.4) is 0 Å². The number of carbonyl (C=O) groups excluding carboxylic acids is 2. The number of hydrogen-bond acceptors (Lipinski definition) is 6. The molecule has 0 aromatic heterocycles. The van der Waals surface area contributed by atoms with Gasteiger partial charge < -0.3 is 20.3 Å². The molecule has 0 aliphatic rings. The first-order valence-corrected chi connectivity index (χ1v) is 10.0. The van der Waals surface area contributed by atoms with E-state index in [0.717, 1.165) is 6.07 Å². The molecule has 0 unspecified atom stereocenters. The molecule has 2 rings (SSSR count). The van der Waals surface area contributed by atoms with Crippen LogP contribution in [0.15, 0.2) is 36.4 Å². The maximum atomic E-state index is 12.7. The average Bonchev–Trinajstić information content (AvgIpc) is 2.72. The summed E-state index contributed by atoms with van der Waals surface area (Å²) in [5, 5.41) is 16.3. The van der Waals surface area contributed by atoms with Gasteiger partial charge in [-0.15, -0.1) is 0 Å². The number of benzene rings is 2. The molecule has 0 radical (unpaired) electrons. The van der Waals surface area contributed by atoms with Crippen LogP contribution in [0.1, 0.15) is 34.1 Å². The number of nitro groups is 1. The first kappa shape index (κ1) is 24.1. The summed E-state index contributed by atoms with van der Waals surface area (Å²) in [6.45, 7) is 3.55. The van der Waals surface area contributed by atoms with E-state index in [1.165, 1.54) is 12.1 Å². The number of halogens is 1. The lowest BCUT2D eigenvalue weighted by atomic mass is 10.1. The summed E-state index contributed by atoms with van der Waals surface area (Å²) in [6, 6.07) is 8.57. The Morgan fingerprint density at radius 1 is 1.13 bits per heavy atom. The van der Waals surface area contributed by atoms with E-state index in [4.69, 9.17) is 16.3 Å². The van der Waals surface area contributed by atoms with Crippen molar-refractivity contribution in [1.29, 1.82) is 0 Å². The van der Waals surface area contributed by atoms with Gasteiger partial charge in [-0.25, -0.2) is 0 Å². The van der Waals surface area contributed by atoms with E-state index in [-0.39, 0.29) is 22.2 Å². The Balaban J connectivity index is 2.18. The summed E-state index contributed by atoms with van der Waals surface area (Å²) >= 11 is 6.03. The number of carbonyl (C=O) groups is 2. The van der Waals surface area contributed by atoms with Crippen molar-refractivity contribution in [2.24, 2.45) is 0 Å². The Labute approximate surface area is 185 Å². The van der Waals surface area contributed by atoms with Gasteiger partial charge in [0.1, 0.15) is 0 Å². The summed E-state index contributed by atoms with van der Waals surface area (Å²) < 4.78 is 5.26. The molecule has 0 atom stereocenters. The van der Waals surface area contributed by atoms with E-state index in [9.17, 15) is 19.7 Å². The van der Waals surface area contributed by atoms with Crippen molar-refractivity contribution in [3.8, 4) is 0 Å². The third-order valence-corrected chi connectivity index (χ3v) is 4.66. The summed E-state index contributed by atoms with van der Waals surface area (Å²) in [5.41, 5.74) is 1.36. The molecule has 9 nitrogen and oxygen atoms in total. The highest BCUT2D eigenvalue weighted by Crippen LogP contribution is 2.26. The maximum absolute atomic E-state index is 12.7. The zero-order chi connectivity index (χ0) is 23.0. The zero-order valence-corrected chi connectivity index (χ0v) is 18.4. The first-order valence-electron chi connectivity index (χ1n) is 9.67. The maximum Gasteiger partial charge on any atom is 0.270 e. The van der Waals surface area contributed by atoms with Gasteiger partial charge in [0.05, 0.1) is 21.1 Å². The van der Waals surface area contributed by atoms with E-state index >= 15 is 0 Å². The third-order valence-electron chi connectivity index (χ3n) is 4.34. The Kier molecular flexibility index (Phi) is 8.77. The van der Waals surface area contributed by atoms with Gasteiger partial charge in [0, 0.05) is 57.4 Å². The van der Waals surface area contributed by atoms with Gasteiger partial charge in [0.2, 0.25) is 0 Å². The second-order valence-corrected chi connectivity index (χ2v) is 7.22. The van der Waals surface area contributed by atoms with Crippen LogP contribution in [0.2, 0.25) is 5.02 Å². The molecule has 166 valence electrons. The molecule has 0 saturated heterocycles. The number of amides is 2.